The molecule has 0 saturated heterocycles. The van der Waals surface area contributed by atoms with Gasteiger partial charge in [0, 0.05) is 0 Å². The van der Waals surface area contributed by atoms with E-state index in [-0.39, 0.29) is 12.0 Å². The normalized spacial score (nSPS) is 24.9. The van der Waals surface area contributed by atoms with E-state index in [4.69, 9.17) is 4.74 Å². The highest BCUT2D eigenvalue weighted by Gasteiger charge is 2.38. The van der Waals surface area contributed by atoms with Gasteiger partial charge in [0.2, 0.25) is 0 Å². The van der Waals surface area contributed by atoms with Crippen molar-refractivity contribution >= 4 is 5.90 Å². The first-order valence-electron chi connectivity index (χ1n) is 5.97. The van der Waals surface area contributed by atoms with Gasteiger partial charge in [0.15, 0.2) is 5.90 Å². The minimum Gasteiger partial charge on any atom is -0.478 e. The van der Waals surface area contributed by atoms with Crippen LogP contribution in [0, 0.1) is 5.92 Å². The molecule has 0 bridgehead atoms. The van der Waals surface area contributed by atoms with Gasteiger partial charge in [-0.05, 0) is 12.8 Å². The fraction of sp³-hybridized carbons (Fsp3) is 0.615. The number of hydrogen-bond acceptors (Lipinski definition) is 3. The molecule has 0 aromatic carbocycles. The molecule has 88 valence electrons. The van der Waals surface area contributed by atoms with Crippen molar-refractivity contribution in [3.05, 3.63) is 24.3 Å². The van der Waals surface area contributed by atoms with Crippen LogP contribution in [0.3, 0.4) is 0 Å². The summed E-state index contributed by atoms with van der Waals surface area (Å²) in [6, 6.07) is -0.111. The molecule has 1 heterocycles. The standard InChI is InChI=1S/C13H19NO2/c1-3-13(15,4-2)11-9-16-12(14-11)10-7-5-6-8-10/h5-8,10-11,15H,3-4,9H2,1-2H3/t11-/m0/s1. The van der Waals surface area contributed by atoms with E-state index in [2.05, 4.69) is 17.1 Å². The summed E-state index contributed by atoms with van der Waals surface area (Å²) in [5.41, 5.74) is -0.715. The third-order valence-electron chi connectivity index (χ3n) is 3.55. The van der Waals surface area contributed by atoms with E-state index in [9.17, 15) is 5.11 Å². The predicted octanol–water partition coefficient (Wildman–Crippen LogP) is 2.08. The SMILES string of the molecule is CCC(O)(CC)[C@@H]1COC(C2C=CC=C2)=N1. The van der Waals surface area contributed by atoms with Crippen molar-refractivity contribution in [2.75, 3.05) is 6.61 Å². The molecule has 0 aromatic rings. The summed E-state index contributed by atoms with van der Waals surface area (Å²) in [7, 11) is 0. The molecule has 2 aliphatic rings. The van der Waals surface area contributed by atoms with Crippen LogP contribution in [0.5, 0.6) is 0 Å². The molecule has 0 amide bonds. The van der Waals surface area contributed by atoms with Gasteiger partial charge < -0.3 is 9.84 Å². The zero-order valence-corrected chi connectivity index (χ0v) is 9.89. The lowest BCUT2D eigenvalue weighted by Crippen LogP contribution is -2.40. The molecule has 0 saturated carbocycles. The molecule has 0 unspecified atom stereocenters. The Bertz CT molecular complexity index is 328. The third kappa shape index (κ3) is 1.92. The van der Waals surface area contributed by atoms with Crippen LogP contribution in [0.4, 0.5) is 0 Å². The number of hydrogen-bond donors (Lipinski definition) is 1. The first-order valence-corrected chi connectivity index (χ1v) is 5.97. The van der Waals surface area contributed by atoms with E-state index in [1.54, 1.807) is 0 Å². The van der Waals surface area contributed by atoms with Gasteiger partial charge in [-0.15, -0.1) is 0 Å². The highest BCUT2D eigenvalue weighted by atomic mass is 16.5. The molecule has 3 nitrogen and oxygen atoms in total. The van der Waals surface area contributed by atoms with E-state index < -0.39 is 5.60 Å². The average Bonchev–Trinajstić information content (AvgIpc) is 2.97. The van der Waals surface area contributed by atoms with Crippen LogP contribution in [-0.2, 0) is 4.74 Å². The summed E-state index contributed by atoms with van der Waals surface area (Å²) in [6.07, 6.45) is 9.52. The number of aliphatic hydroxyl groups is 1. The molecule has 0 spiro atoms. The monoisotopic (exact) mass is 221 g/mol. The maximum absolute atomic E-state index is 10.4. The van der Waals surface area contributed by atoms with Crippen LogP contribution in [-0.4, -0.2) is 29.3 Å². The second-order valence-corrected chi connectivity index (χ2v) is 4.40. The Labute approximate surface area is 96.5 Å². The van der Waals surface area contributed by atoms with Gasteiger partial charge in [-0.3, -0.25) is 0 Å². The second kappa shape index (κ2) is 4.42. The molecule has 0 aromatic heterocycles. The van der Waals surface area contributed by atoms with Crippen molar-refractivity contribution in [3.8, 4) is 0 Å². The van der Waals surface area contributed by atoms with Crippen molar-refractivity contribution < 1.29 is 9.84 Å². The zero-order valence-electron chi connectivity index (χ0n) is 9.89. The Hall–Kier alpha value is -1.09. The highest BCUT2D eigenvalue weighted by molar-refractivity contribution is 5.84. The maximum Gasteiger partial charge on any atom is 0.194 e. The number of rotatable bonds is 4. The largest absolute Gasteiger partial charge is 0.478 e. The van der Waals surface area contributed by atoms with Crippen LogP contribution in [0.25, 0.3) is 0 Å². The quantitative estimate of drug-likeness (QED) is 0.789. The molecular weight excluding hydrogens is 202 g/mol. The number of ether oxygens (including phenoxy) is 1. The smallest absolute Gasteiger partial charge is 0.194 e. The van der Waals surface area contributed by atoms with Gasteiger partial charge in [0.05, 0.1) is 11.5 Å². The lowest BCUT2D eigenvalue weighted by Gasteiger charge is -2.28. The summed E-state index contributed by atoms with van der Waals surface area (Å²) < 4.78 is 5.59. The molecule has 0 radical (unpaired) electrons. The number of aliphatic imine (C=N–C) groups is 1. The Morgan fingerprint density at radius 1 is 1.38 bits per heavy atom. The van der Waals surface area contributed by atoms with Crippen molar-refractivity contribution in [1.82, 2.24) is 0 Å². The predicted molar refractivity (Wildman–Crippen MR) is 64.5 cm³/mol. The fourth-order valence-corrected chi connectivity index (χ4v) is 2.17. The highest BCUT2D eigenvalue weighted by Crippen LogP contribution is 2.28. The molecule has 1 aliphatic carbocycles. The summed E-state index contributed by atoms with van der Waals surface area (Å²) in [5, 5.41) is 10.4. The lowest BCUT2D eigenvalue weighted by atomic mass is 9.89. The summed E-state index contributed by atoms with van der Waals surface area (Å²) in [4.78, 5) is 4.53. The minimum atomic E-state index is -0.715. The third-order valence-corrected chi connectivity index (χ3v) is 3.55. The summed E-state index contributed by atoms with van der Waals surface area (Å²) in [5.74, 6) is 0.915. The van der Waals surface area contributed by atoms with Crippen LogP contribution in [0.1, 0.15) is 26.7 Å². The van der Waals surface area contributed by atoms with E-state index in [1.807, 2.05) is 26.0 Å². The molecule has 16 heavy (non-hydrogen) atoms. The van der Waals surface area contributed by atoms with Crippen molar-refractivity contribution in [2.24, 2.45) is 10.9 Å². The average molecular weight is 221 g/mol. The molecule has 1 N–H and O–H groups in total. The maximum atomic E-state index is 10.4. The Balaban J connectivity index is 2.10. The number of allylic oxidation sites excluding steroid dienone is 2. The minimum absolute atomic E-state index is 0.111. The lowest BCUT2D eigenvalue weighted by molar-refractivity contribution is 0.000453. The van der Waals surface area contributed by atoms with Gasteiger partial charge in [-0.2, -0.15) is 0 Å². The van der Waals surface area contributed by atoms with Crippen molar-refractivity contribution in [1.29, 1.82) is 0 Å². The van der Waals surface area contributed by atoms with E-state index >= 15 is 0 Å². The van der Waals surface area contributed by atoms with Gasteiger partial charge in [-0.25, -0.2) is 4.99 Å². The second-order valence-electron chi connectivity index (χ2n) is 4.40. The Morgan fingerprint density at radius 2 is 2.00 bits per heavy atom. The molecular formula is C13H19NO2. The summed E-state index contributed by atoms with van der Waals surface area (Å²) in [6.45, 7) is 4.49. The van der Waals surface area contributed by atoms with Gasteiger partial charge in [0.1, 0.15) is 12.6 Å². The zero-order chi connectivity index (χ0) is 11.6. The van der Waals surface area contributed by atoms with Crippen molar-refractivity contribution in [2.45, 2.75) is 38.3 Å². The molecule has 1 atom stereocenters. The van der Waals surface area contributed by atoms with Gasteiger partial charge in [0.25, 0.3) is 0 Å². The van der Waals surface area contributed by atoms with E-state index in [0.717, 1.165) is 5.90 Å². The van der Waals surface area contributed by atoms with Crippen LogP contribution >= 0.6 is 0 Å². The molecule has 0 fully saturated rings. The molecule has 1 aliphatic heterocycles. The van der Waals surface area contributed by atoms with Crippen LogP contribution in [0.15, 0.2) is 29.3 Å². The first-order chi connectivity index (χ1) is 7.69. The van der Waals surface area contributed by atoms with Crippen molar-refractivity contribution in [3.63, 3.8) is 0 Å². The first kappa shape index (κ1) is 11.4. The van der Waals surface area contributed by atoms with Crippen LogP contribution in [0.2, 0.25) is 0 Å². The fourth-order valence-electron chi connectivity index (χ4n) is 2.17. The van der Waals surface area contributed by atoms with Gasteiger partial charge >= 0.3 is 0 Å². The Kier molecular flexibility index (Phi) is 3.15. The van der Waals surface area contributed by atoms with Gasteiger partial charge in [-0.1, -0.05) is 38.2 Å². The topological polar surface area (TPSA) is 41.8 Å². The molecule has 3 heteroatoms. The summed E-state index contributed by atoms with van der Waals surface area (Å²) >= 11 is 0. The van der Waals surface area contributed by atoms with Crippen LogP contribution < -0.4 is 0 Å². The number of nitrogens with zero attached hydrogens (tertiary/aromatic N) is 1. The molecule has 2 rings (SSSR count). The van der Waals surface area contributed by atoms with E-state index in [0.29, 0.717) is 19.4 Å². The Morgan fingerprint density at radius 3 is 2.56 bits per heavy atom. The van der Waals surface area contributed by atoms with E-state index in [1.165, 1.54) is 0 Å².